The van der Waals surface area contributed by atoms with Crippen molar-refractivity contribution in [2.75, 3.05) is 18.2 Å². The second-order valence-corrected chi connectivity index (χ2v) is 5.96. The Hall–Kier alpha value is -2.61. The molecule has 8 heteroatoms. The molecule has 0 aliphatic heterocycles. The lowest BCUT2D eigenvalue weighted by molar-refractivity contribution is -0.139. The largest absolute Gasteiger partial charge is 0.469 e. The highest BCUT2D eigenvalue weighted by atomic mass is 32.2. The molecular weight excluding hydrogens is 330 g/mol. The molecule has 2 aromatic rings. The minimum Gasteiger partial charge on any atom is -0.469 e. The van der Waals surface area contributed by atoms with Crippen molar-refractivity contribution in [2.45, 2.75) is 18.5 Å². The van der Waals surface area contributed by atoms with Gasteiger partial charge in [-0.2, -0.15) is 0 Å². The fourth-order valence-corrected chi connectivity index (χ4v) is 2.52. The van der Waals surface area contributed by atoms with E-state index in [1.165, 1.54) is 13.2 Å². The fraction of sp³-hybridized carbons (Fsp3) is 0.250. The first-order valence-electron chi connectivity index (χ1n) is 7.12. The van der Waals surface area contributed by atoms with E-state index in [1.54, 1.807) is 0 Å². The van der Waals surface area contributed by atoms with Gasteiger partial charge < -0.3 is 15.0 Å². The fourth-order valence-electron chi connectivity index (χ4n) is 1.83. The Balaban J connectivity index is 1.95. The van der Waals surface area contributed by atoms with Crippen LogP contribution in [0, 0.1) is 6.92 Å². The zero-order chi connectivity index (χ0) is 17.5. The molecule has 1 amide bonds. The molecule has 0 aliphatic rings. The van der Waals surface area contributed by atoms with Gasteiger partial charge in [-0.25, -0.2) is 4.98 Å². The molecule has 126 valence electrons. The lowest BCUT2D eigenvalue weighted by atomic mass is 10.2. The summed E-state index contributed by atoms with van der Waals surface area (Å²) in [6.07, 6.45) is -0.0937. The molecule has 1 heterocycles. The Morgan fingerprint density at radius 1 is 1.29 bits per heavy atom. The molecule has 0 atom stereocenters. The summed E-state index contributed by atoms with van der Waals surface area (Å²) in [5.74, 6) is -0.621. The SMILES string of the molecule is COC(=O)Cc1cc(=O)[nH]c(SCC(=O)Nc2ccc(C)cc2)n1. The number of carbonyl (C=O) groups is 2. The maximum absolute atomic E-state index is 11.9. The molecule has 0 saturated carbocycles. The van der Waals surface area contributed by atoms with E-state index in [0.717, 1.165) is 17.3 Å². The van der Waals surface area contributed by atoms with Gasteiger partial charge in [0, 0.05) is 11.8 Å². The van der Waals surface area contributed by atoms with Gasteiger partial charge in [-0.15, -0.1) is 0 Å². The van der Waals surface area contributed by atoms with Crippen molar-refractivity contribution < 1.29 is 14.3 Å². The number of aryl methyl sites for hydroxylation is 1. The van der Waals surface area contributed by atoms with E-state index in [9.17, 15) is 14.4 Å². The number of ether oxygens (including phenoxy) is 1. The van der Waals surface area contributed by atoms with Crippen LogP contribution in [0.4, 0.5) is 5.69 Å². The second-order valence-electron chi connectivity index (χ2n) is 5.00. The summed E-state index contributed by atoms with van der Waals surface area (Å²) in [5.41, 5.74) is 1.72. The number of anilines is 1. The number of thioether (sulfide) groups is 1. The van der Waals surface area contributed by atoms with Gasteiger partial charge in [0.15, 0.2) is 5.16 Å². The monoisotopic (exact) mass is 347 g/mol. The number of aromatic amines is 1. The van der Waals surface area contributed by atoms with Crippen LogP contribution in [0.3, 0.4) is 0 Å². The second kappa shape index (κ2) is 8.30. The molecule has 0 saturated heterocycles. The number of rotatable bonds is 6. The molecule has 2 N–H and O–H groups in total. The van der Waals surface area contributed by atoms with Crippen molar-refractivity contribution in [1.29, 1.82) is 0 Å². The van der Waals surface area contributed by atoms with Crippen molar-refractivity contribution in [3.8, 4) is 0 Å². The predicted octanol–water partition coefficient (Wildman–Crippen LogP) is 1.52. The van der Waals surface area contributed by atoms with Crippen LogP contribution in [0.25, 0.3) is 0 Å². The maximum Gasteiger partial charge on any atom is 0.311 e. The third-order valence-corrected chi connectivity index (χ3v) is 3.87. The van der Waals surface area contributed by atoms with Crippen LogP contribution in [0.5, 0.6) is 0 Å². The molecule has 0 fully saturated rings. The Labute approximate surface area is 142 Å². The topological polar surface area (TPSA) is 101 Å². The summed E-state index contributed by atoms with van der Waals surface area (Å²) < 4.78 is 4.54. The first-order chi connectivity index (χ1) is 11.5. The van der Waals surface area contributed by atoms with Crippen LogP contribution < -0.4 is 10.9 Å². The summed E-state index contributed by atoms with van der Waals surface area (Å²) >= 11 is 1.08. The number of esters is 1. The number of hydrogen-bond acceptors (Lipinski definition) is 6. The minimum atomic E-state index is -0.485. The van der Waals surface area contributed by atoms with Gasteiger partial charge >= 0.3 is 5.97 Å². The van der Waals surface area contributed by atoms with Crippen molar-refractivity contribution >= 4 is 29.3 Å². The molecule has 0 radical (unpaired) electrons. The Bertz CT molecular complexity index is 787. The highest BCUT2D eigenvalue weighted by molar-refractivity contribution is 7.99. The van der Waals surface area contributed by atoms with Crippen LogP contribution >= 0.6 is 11.8 Å². The predicted molar refractivity (Wildman–Crippen MR) is 91.1 cm³/mol. The van der Waals surface area contributed by atoms with Crippen LogP contribution in [0.15, 0.2) is 40.3 Å². The Morgan fingerprint density at radius 3 is 2.67 bits per heavy atom. The van der Waals surface area contributed by atoms with E-state index in [-0.39, 0.29) is 28.8 Å². The molecule has 2 rings (SSSR count). The zero-order valence-electron chi connectivity index (χ0n) is 13.3. The van der Waals surface area contributed by atoms with Gasteiger partial charge in [-0.05, 0) is 19.1 Å². The van der Waals surface area contributed by atoms with Crippen LogP contribution in [-0.4, -0.2) is 34.7 Å². The van der Waals surface area contributed by atoms with Crippen molar-refractivity contribution in [1.82, 2.24) is 9.97 Å². The third kappa shape index (κ3) is 5.54. The summed E-state index contributed by atoms with van der Waals surface area (Å²) in [6.45, 7) is 1.96. The number of H-pyrrole nitrogens is 1. The smallest absolute Gasteiger partial charge is 0.311 e. The number of amides is 1. The lowest BCUT2D eigenvalue weighted by Crippen LogP contribution is -2.16. The molecule has 0 aliphatic carbocycles. The number of carbonyl (C=O) groups excluding carboxylic acids is 2. The van der Waals surface area contributed by atoms with E-state index >= 15 is 0 Å². The number of nitrogens with zero attached hydrogens (tertiary/aromatic N) is 1. The van der Waals surface area contributed by atoms with Gasteiger partial charge in [0.2, 0.25) is 5.91 Å². The number of methoxy groups -OCH3 is 1. The number of hydrogen-bond donors (Lipinski definition) is 2. The average Bonchev–Trinajstić information content (AvgIpc) is 2.54. The summed E-state index contributed by atoms with van der Waals surface area (Å²) in [4.78, 5) is 41.4. The minimum absolute atomic E-state index is 0.0818. The highest BCUT2D eigenvalue weighted by Crippen LogP contribution is 2.14. The number of nitrogens with one attached hydrogen (secondary N) is 2. The number of benzene rings is 1. The van der Waals surface area contributed by atoms with Gasteiger partial charge in [-0.3, -0.25) is 14.4 Å². The van der Waals surface area contributed by atoms with Crippen LogP contribution in [-0.2, 0) is 20.7 Å². The standard InChI is InChI=1S/C16H17N3O4S/c1-10-3-5-11(6-4-10)17-14(21)9-24-16-18-12(7-13(20)19-16)8-15(22)23-2/h3-7H,8-9H2,1-2H3,(H,17,21)(H,18,19,20). The maximum atomic E-state index is 11.9. The van der Waals surface area contributed by atoms with Gasteiger partial charge in [0.1, 0.15) is 0 Å². The molecule has 0 unspecified atom stereocenters. The molecule has 1 aromatic heterocycles. The molecule has 0 spiro atoms. The van der Waals surface area contributed by atoms with Gasteiger partial charge in [-0.1, -0.05) is 29.5 Å². The van der Waals surface area contributed by atoms with Gasteiger partial charge in [0.05, 0.1) is 25.0 Å². The normalized spacial score (nSPS) is 10.2. The lowest BCUT2D eigenvalue weighted by Gasteiger charge is -2.06. The van der Waals surface area contributed by atoms with E-state index in [2.05, 4.69) is 20.0 Å². The molecular formula is C16H17N3O4S. The van der Waals surface area contributed by atoms with E-state index in [4.69, 9.17) is 0 Å². The van der Waals surface area contributed by atoms with E-state index in [0.29, 0.717) is 11.4 Å². The van der Waals surface area contributed by atoms with Crippen molar-refractivity contribution in [3.63, 3.8) is 0 Å². The Morgan fingerprint density at radius 2 is 2.00 bits per heavy atom. The van der Waals surface area contributed by atoms with Gasteiger partial charge in [0.25, 0.3) is 5.56 Å². The van der Waals surface area contributed by atoms with Crippen molar-refractivity contribution in [2.24, 2.45) is 0 Å². The van der Waals surface area contributed by atoms with Crippen molar-refractivity contribution in [3.05, 3.63) is 51.9 Å². The molecule has 0 bridgehead atoms. The molecule has 7 nitrogen and oxygen atoms in total. The number of aromatic nitrogens is 2. The average molecular weight is 347 g/mol. The summed E-state index contributed by atoms with van der Waals surface area (Å²) in [5, 5.41) is 3.03. The summed E-state index contributed by atoms with van der Waals surface area (Å²) in [6, 6.07) is 8.66. The zero-order valence-corrected chi connectivity index (χ0v) is 14.1. The van der Waals surface area contributed by atoms with Crippen LogP contribution in [0.1, 0.15) is 11.3 Å². The quantitative estimate of drug-likeness (QED) is 0.467. The van der Waals surface area contributed by atoms with Crippen LogP contribution in [0.2, 0.25) is 0 Å². The highest BCUT2D eigenvalue weighted by Gasteiger charge is 2.09. The first-order valence-corrected chi connectivity index (χ1v) is 8.11. The van der Waals surface area contributed by atoms with E-state index < -0.39 is 5.97 Å². The third-order valence-electron chi connectivity index (χ3n) is 3.00. The molecule has 24 heavy (non-hydrogen) atoms. The van der Waals surface area contributed by atoms with E-state index in [1.807, 2.05) is 31.2 Å². The first kappa shape index (κ1) is 17.7. The Kier molecular flexibility index (Phi) is 6.14. The molecule has 1 aromatic carbocycles. The summed E-state index contributed by atoms with van der Waals surface area (Å²) in [7, 11) is 1.26.